The SMILES string of the molecule is COc1ccc(C)cc1-n1c(=O)c2ccccc2n2c(SCC(=O)Nc3ccon3)nnc12. The zero-order valence-electron chi connectivity index (χ0n) is 17.7. The molecule has 0 unspecified atom stereocenters. The molecule has 10 nitrogen and oxygen atoms in total. The lowest BCUT2D eigenvalue weighted by Gasteiger charge is -2.14. The van der Waals surface area contributed by atoms with Crippen LogP contribution >= 0.6 is 11.8 Å². The van der Waals surface area contributed by atoms with Crippen molar-refractivity contribution >= 4 is 40.2 Å². The molecule has 5 rings (SSSR count). The number of benzene rings is 2. The van der Waals surface area contributed by atoms with Gasteiger partial charge in [0, 0.05) is 6.07 Å². The molecule has 0 saturated carbocycles. The van der Waals surface area contributed by atoms with Gasteiger partial charge in [0.05, 0.1) is 29.5 Å². The van der Waals surface area contributed by atoms with Crippen LogP contribution in [0.25, 0.3) is 22.4 Å². The number of ether oxygens (including phenoxy) is 1. The monoisotopic (exact) mass is 462 g/mol. The second-order valence-electron chi connectivity index (χ2n) is 7.17. The van der Waals surface area contributed by atoms with Crippen LogP contribution in [0.15, 0.2) is 69.3 Å². The van der Waals surface area contributed by atoms with Gasteiger partial charge in [0.2, 0.25) is 11.7 Å². The molecule has 0 atom stereocenters. The maximum atomic E-state index is 13.5. The Kier molecular flexibility index (Phi) is 5.31. The lowest BCUT2D eigenvalue weighted by atomic mass is 10.2. The summed E-state index contributed by atoms with van der Waals surface area (Å²) in [6.45, 7) is 1.94. The minimum atomic E-state index is -0.274. The molecule has 1 amide bonds. The zero-order chi connectivity index (χ0) is 22.9. The van der Waals surface area contributed by atoms with E-state index in [2.05, 4.69) is 20.7 Å². The second kappa shape index (κ2) is 8.43. The predicted molar refractivity (Wildman–Crippen MR) is 123 cm³/mol. The van der Waals surface area contributed by atoms with Crippen LogP contribution in [-0.4, -0.2) is 43.1 Å². The molecule has 3 aromatic heterocycles. The molecule has 11 heteroatoms. The van der Waals surface area contributed by atoms with E-state index in [4.69, 9.17) is 9.26 Å². The average Bonchev–Trinajstić information content (AvgIpc) is 3.48. The summed E-state index contributed by atoms with van der Waals surface area (Å²) in [7, 11) is 1.55. The van der Waals surface area contributed by atoms with Crippen LogP contribution in [0.1, 0.15) is 5.56 Å². The summed E-state index contributed by atoms with van der Waals surface area (Å²) in [6, 6.07) is 14.3. The van der Waals surface area contributed by atoms with Gasteiger partial charge < -0.3 is 14.6 Å². The Morgan fingerprint density at radius 1 is 1.18 bits per heavy atom. The Hall–Kier alpha value is -4.12. The molecule has 0 saturated heterocycles. The average molecular weight is 462 g/mol. The van der Waals surface area contributed by atoms with Crippen molar-refractivity contribution in [3.05, 3.63) is 70.7 Å². The van der Waals surface area contributed by atoms with Crippen LogP contribution < -0.4 is 15.6 Å². The van der Waals surface area contributed by atoms with Gasteiger partial charge in [-0.3, -0.25) is 14.0 Å². The molecule has 0 fully saturated rings. The fourth-order valence-electron chi connectivity index (χ4n) is 3.55. The standard InChI is InChI=1S/C22H18N6O4S/c1-13-7-8-17(31-2)16(11-13)27-20(30)14-5-3-4-6-15(14)28-21(27)24-25-22(28)33-12-19(29)23-18-9-10-32-26-18/h3-11H,12H2,1-2H3,(H,23,26,29). The molecule has 0 radical (unpaired) electrons. The number of aromatic nitrogens is 5. The highest BCUT2D eigenvalue weighted by atomic mass is 32.2. The zero-order valence-corrected chi connectivity index (χ0v) is 18.5. The first-order chi connectivity index (χ1) is 16.1. The van der Waals surface area contributed by atoms with Gasteiger partial charge in [0.15, 0.2) is 11.0 Å². The van der Waals surface area contributed by atoms with Crippen molar-refractivity contribution in [2.45, 2.75) is 12.1 Å². The number of amides is 1. The highest BCUT2D eigenvalue weighted by Crippen LogP contribution is 2.28. The van der Waals surface area contributed by atoms with Crippen molar-refractivity contribution in [1.82, 2.24) is 24.3 Å². The Morgan fingerprint density at radius 3 is 2.82 bits per heavy atom. The van der Waals surface area contributed by atoms with E-state index in [1.54, 1.807) is 29.7 Å². The molecular weight excluding hydrogens is 444 g/mol. The second-order valence-corrected chi connectivity index (χ2v) is 8.12. The number of fused-ring (bicyclic) bond motifs is 3. The van der Waals surface area contributed by atoms with Gasteiger partial charge in [-0.05, 0) is 36.8 Å². The fraction of sp³-hybridized carbons (Fsp3) is 0.136. The Labute approximate surface area is 191 Å². The molecule has 0 aliphatic rings. The number of hydrogen-bond donors (Lipinski definition) is 1. The summed E-state index contributed by atoms with van der Waals surface area (Å²) >= 11 is 1.20. The van der Waals surface area contributed by atoms with E-state index in [-0.39, 0.29) is 17.2 Å². The first-order valence-corrected chi connectivity index (χ1v) is 10.9. The van der Waals surface area contributed by atoms with E-state index in [0.717, 1.165) is 5.56 Å². The van der Waals surface area contributed by atoms with Gasteiger partial charge in [-0.2, -0.15) is 0 Å². The molecule has 3 heterocycles. The van der Waals surface area contributed by atoms with E-state index >= 15 is 0 Å². The van der Waals surface area contributed by atoms with E-state index in [0.29, 0.717) is 39.1 Å². The number of anilines is 1. The number of para-hydroxylation sites is 1. The Morgan fingerprint density at radius 2 is 2.03 bits per heavy atom. The number of nitrogens with one attached hydrogen (secondary N) is 1. The van der Waals surface area contributed by atoms with Crippen LogP contribution in [0.5, 0.6) is 5.75 Å². The molecule has 33 heavy (non-hydrogen) atoms. The van der Waals surface area contributed by atoms with Crippen LogP contribution in [-0.2, 0) is 4.79 Å². The molecule has 0 aliphatic carbocycles. The molecular formula is C22H18N6O4S. The minimum absolute atomic E-state index is 0.0644. The van der Waals surface area contributed by atoms with Crippen LogP contribution in [0, 0.1) is 6.92 Å². The van der Waals surface area contributed by atoms with E-state index in [1.807, 2.05) is 37.3 Å². The summed E-state index contributed by atoms with van der Waals surface area (Å²) in [5, 5.41) is 15.9. The van der Waals surface area contributed by atoms with Gasteiger partial charge in [0.25, 0.3) is 5.56 Å². The fourth-order valence-corrected chi connectivity index (χ4v) is 4.29. The maximum absolute atomic E-state index is 13.5. The third-order valence-corrected chi connectivity index (χ3v) is 5.94. The summed E-state index contributed by atoms with van der Waals surface area (Å²) in [5.74, 6) is 0.974. The van der Waals surface area contributed by atoms with Crippen LogP contribution in [0.2, 0.25) is 0 Å². The van der Waals surface area contributed by atoms with Crippen molar-refractivity contribution in [3.63, 3.8) is 0 Å². The summed E-state index contributed by atoms with van der Waals surface area (Å²) in [4.78, 5) is 25.8. The van der Waals surface area contributed by atoms with Gasteiger partial charge in [-0.1, -0.05) is 35.1 Å². The van der Waals surface area contributed by atoms with Gasteiger partial charge >= 0.3 is 0 Å². The number of hydrogen-bond acceptors (Lipinski definition) is 8. The lowest BCUT2D eigenvalue weighted by molar-refractivity contribution is -0.113. The number of nitrogens with zero attached hydrogens (tertiary/aromatic N) is 5. The quantitative estimate of drug-likeness (QED) is 0.383. The van der Waals surface area contributed by atoms with Gasteiger partial charge in [0.1, 0.15) is 12.0 Å². The lowest BCUT2D eigenvalue weighted by Crippen LogP contribution is -2.22. The Bertz CT molecular complexity index is 1540. The van der Waals surface area contributed by atoms with Gasteiger partial charge in [-0.15, -0.1) is 10.2 Å². The summed E-state index contributed by atoms with van der Waals surface area (Å²) in [6.07, 6.45) is 1.37. The minimum Gasteiger partial charge on any atom is -0.495 e. The van der Waals surface area contributed by atoms with E-state index < -0.39 is 0 Å². The largest absolute Gasteiger partial charge is 0.495 e. The van der Waals surface area contributed by atoms with Crippen LogP contribution in [0.4, 0.5) is 5.82 Å². The molecule has 0 spiro atoms. The number of rotatable bonds is 6. The number of carbonyl (C=O) groups excluding carboxylic acids is 1. The number of carbonyl (C=O) groups is 1. The first-order valence-electron chi connectivity index (χ1n) is 9.94. The topological polar surface area (TPSA) is 117 Å². The highest BCUT2D eigenvalue weighted by molar-refractivity contribution is 7.99. The van der Waals surface area contributed by atoms with Crippen molar-refractivity contribution < 1.29 is 14.1 Å². The van der Waals surface area contributed by atoms with E-state index in [1.165, 1.54) is 22.6 Å². The molecule has 1 N–H and O–H groups in total. The van der Waals surface area contributed by atoms with E-state index in [9.17, 15) is 9.59 Å². The first kappa shape index (κ1) is 20.8. The predicted octanol–water partition coefficient (Wildman–Crippen LogP) is 3.07. The van der Waals surface area contributed by atoms with Gasteiger partial charge in [-0.25, -0.2) is 4.57 Å². The molecule has 0 aliphatic heterocycles. The third-order valence-electron chi connectivity index (χ3n) is 5.01. The van der Waals surface area contributed by atoms with Crippen LogP contribution in [0.3, 0.4) is 0 Å². The normalized spacial score (nSPS) is 11.2. The number of methoxy groups -OCH3 is 1. The summed E-state index contributed by atoms with van der Waals surface area (Å²) in [5.41, 5.74) is 1.92. The van der Waals surface area contributed by atoms with Crippen molar-refractivity contribution in [1.29, 1.82) is 0 Å². The number of thioether (sulfide) groups is 1. The molecule has 166 valence electrons. The van der Waals surface area contributed by atoms with Crippen molar-refractivity contribution in [3.8, 4) is 11.4 Å². The molecule has 5 aromatic rings. The van der Waals surface area contributed by atoms with Crippen molar-refractivity contribution in [2.24, 2.45) is 0 Å². The smallest absolute Gasteiger partial charge is 0.267 e. The molecule has 0 bridgehead atoms. The van der Waals surface area contributed by atoms with Crippen molar-refractivity contribution in [2.75, 3.05) is 18.2 Å². The highest BCUT2D eigenvalue weighted by Gasteiger charge is 2.20. The number of aryl methyl sites for hydroxylation is 1. The Balaban J connectivity index is 1.65. The summed E-state index contributed by atoms with van der Waals surface area (Å²) < 4.78 is 13.5. The molecule has 2 aromatic carbocycles. The maximum Gasteiger partial charge on any atom is 0.267 e. The third kappa shape index (κ3) is 3.72.